The van der Waals surface area contributed by atoms with Gasteiger partial charge in [0.1, 0.15) is 11.2 Å². The molecule has 2 N–H and O–H groups in total. The van der Waals surface area contributed by atoms with Crippen molar-refractivity contribution in [3.05, 3.63) is 16.9 Å². The number of hydrogen-bond acceptors (Lipinski definition) is 6. The van der Waals surface area contributed by atoms with Gasteiger partial charge in [-0.25, -0.2) is 4.79 Å². The molecular formula is C17H23ClN4O3. The van der Waals surface area contributed by atoms with Crippen LogP contribution in [0.2, 0.25) is 5.15 Å². The smallest absolute Gasteiger partial charge is 0.410 e. The maximum absolute atomic E-state index is 12.1. The minimum Gasteiger partial charge on any atom is -0.444 e. The number of halogens is 1. The molecule has 1 aromatic heterocycles. The number of likely N-dealkylation sites (tertiary alicyclic amines) is 1. The van der Waals surface area contributed by atoms with Crippen LogP contribution in [-0.2, 0) is 4.74 Å². The Labute approximate surface area is 152 Å². The van der Waals surface area contributed by atoms with Crippen molar-refractivity contribution in [1.29, 1.82) is 0 Å². The summed E-state index contributed by atoms with van der Waals surface area (Å²) in [5.74, 6) is 5.71. The first-order chi connectivity index (χ1) is 11.6. The van der Waals surface area contributed by atoms with Gasteiger partial charge in [0.15, 0.2) is 10.8 Å². The summed E-state index contributed by atoms with van der Waals surface area (Å²) in [4.78, 5) is 13.7. The molecule has 2 heterocycles. The van der Waals surface area contributed by atoms with Crippen LogP contribution in [-0.4, -0.2) is 57.6 Å². The summed E-state index contributed by atoms with van der Waals surface area (Å²) in [6, 6.07) is 1.62. The maximum atomic E-state index is 12.1. The molecule has 0 atom stereocenters. The summed E-state index contributed by atoms with van der Waals surface area (Å²) in [6.45, 7) is 6.23. The van der Waals surface area contributed by atoms with E-state index in [1.807, 2.05) is 20.8 Å². The number of piperidine rings is 1. The van der Waals surface area contributed by atoms with Crippen LogP contribution in [0.5, 0.6) is 0 Å². The number of carbonyl (C=O) groups excluding carboxylic acids is 1. The summed E-state index contributed by atoms with van der Waals surface area (Å²) >= 11 is 5.80. The van der Waals surface area contributed by atoms with Crippen LogP contribution in [0.4, 0.5) is 10.5 Å². The van der Waals surface area contributed by atoms with E-state index in [1.165, 1.54) is 0 Å². The number of rotatable bonds is 1. The SMILES string of the molecule is CNc1cc(Cl)nnc1C#CC1(O)CCN(C(=O)OC(C)(C)C)CC1. The van der Waals surface area contributed by atoms with E-state index in [1.54, 1.807) is 18.0 Å². The lowest BCUT2D eigenvalue weighted by atomic mass is 9.92. The molecule has 1 aliphatic rings. The Hall–Kier alpha value is -2.04. The van der Waals surface area contributed by atoms with Crippen LogP contribution in [0, 0.1) is 11.8 Å². The highest BCUT2D eigenvalue weighted by Gasteiger charge is 2.34. The second kappa shape index (κ2) is 7.46. The quantitative estimate of drug-likeness (QED) is 0.741. The zero-order valence-corrected chi connectivity index (χ0v) is 15.6. The van der Waals surface area contributed by atoms with Crippen LogP contribution < -0.4 is 5.32 Å². The zero-order valence-electron chi connectivity index (χ0n) is 14.9. The molecule has 7 nitrogen and oxygen atoms in total. The molecule has 0 spiro atoms. The molecular weight excluding hydrogens is 344 g/mol. The summed E-state index contributed by atoms with van der Waals surface area (Å²) in [6.07, 6.45) is 0.313. The van der Waals surface area contributed by atoms with E-state index < -0.39 is 11.2 Å². The van der Waals surface area contributed by atoms with Gasteiger partial charge in [-0.15, -0.1) is 10.2 Å². The number of amides is 1. The van der Waals surface area contributed by atoms with E-state index >= 15 is 0 Å². The third-order valence-electron chi connectivity index (χ3n) is 3.69. The van der Waals surface area contributed by atoms with Crippen molar-refractivity contribution in [3.63, 3.8) is 0 Å². The summed E-state index contributed by atoms with van der Waals surface area (Å²) < 4.78 is 5.35. The third-order valence-corrected chi connectivity index (χ3v) is 3.87. The molecule has 1 amide bonds. The number of aromatic nitrogens is 2. The molecule has 0 aromatic carbocycles. The third kappa shape index (κ3) is 5.48. The van der Waals surface area contributed by atoms with Gasteiger partial charge in [-0.2, -0.15) is 0 Å². The number of anilines is 1. The molecule has 136 valence electrons. The Kier molecular flexibility index (Phi) is 5.76. The molecule has 1 fully saturated rings. The Morgan fingerprint density at radius 3 is 2.60 bits per heavy atom. The standard InChI is InChI=1S/C17H23ClN4O3/c1-16(2,3)25-15(23)22-9-7-17(24,8-10-22)6-5-12-13(19-4)11-14(18)21-20-12/h11,24H,7-10H2,1-4H3,(H,19,21). The fourth-order valence-electron chi connectivity index (χ4n) is 2.34. The first kappa shape index (κ1) is 19.3. The average Bonchev–Trinajstić information content (AvgIpc) is 2.52. The fourth-order valence-corrected chi connectivity index (χ4v) is 2.48. The number of nitrogens with zero attached hydrogens (tertiary/aromatic N) is 3. The molecule has 0 saturated carbocycles. The largest absolute Gasteiger partial charge is 0.444 e. The first-order valence-corrected chi connectivity index (χ1v) is 8.44. The van der Waals surface area contributed by atoms with Crippen molar-refractivity contribution in [1.82, 2.24) is 15.1 Å². The Bertz CT molecular complexity index is 698. The average molecular weight is 367 g/mol. The van der Waals surface area contributed by atoms with Crippen molar-refractivity contribution >= 4 is 23.4 Å². The predicted octanol–water partition coefficient (Wildman–Crippen LogP) is 2.29. The lowest BCUT2D eigenvalue weighted by molar-refractivity contribution is -0.00514. The summed E-state index contributed by atoms with van der Waals surface area (Å²) in [5, 5.41) is 21.5. The molecule has 8 heteroatoms. The molecule has 25 heavy (non-hydrogen) atoms. The number of nitrogens with one attached hydrogen (secondary N) is 1. The van der Waals surface area contributed by atoms with E-state index in [9.17, 15) is 9.90 Å². The van der Waals surface area contributed by atoms with Crippen molar-refractivity contribution in [2.75, 3.05) is 25.5 Å². The van der Waals surface area contributed by atoms with Crippen LogP contribution in [0.15, 0.2) is 6.07 Å². The van der Waals surface area contributed by atoms with Crippen LogP contribution in [0.3, 0.4) is 0 Å². The van der Waals surface area contributed by atoms with Gasteiger partial charge >= 0.3 is 6.09 Å². The van der Waals surface area contributed by atoms with Crippen LogP contribution in [0.1, 0.15) is 39.3 Å². The number of carbonyl (C=O) groups is 1. The van der Waals surface area contributed by atoms with Crippen molar-refractivity contribution < 1.29 is 14.6 Å². The fraction of sp³-hybridized carbons (Fsp3) is 0.588. The highest BCUT2D eigenvalue weighted by atomic mass is 35.5. The lowest BCUT2D eigenvalue weighted by Gasteiger charge is -2.35. The second-order valence-corrected chi connectivity index (χ2v) is 7.32. The van der Waals surface area contributed by atoms with Gasteiger partial charge in [0.25, 0.3) is 0 Å². The molecule has 0 bridgehead atoms. The van der Waals surface area contributed by atoms with Gasteiger partial charge in [0, 0.05) is 39.0 Å². The minimum absolute atomic E-state index is 0.263. The predicted molar refractivity (Wildman–Crippen MR) is 95.5 cm³/mol. The molecule has 0 aliphatic carbocycles. The van der Waals surface area contributed by atoms with Gasteiger partial charge in [-0.3, -0.25) is 0 Å². The van der Waals surface area contributed by atoms with Crippen molar-refractivity contribution in [2.24, 2.45) is 0 Å². The lowest BCUT2D eigenvalue weighted by Crippen LogP contribution is -2.47. The number of hydrogen-bond donors (Lipinski definition) is 2. The van der Waals surface area contributed by atoms with Crippen molar-refractivity contribution in [3.8, 4) is 11.8 Å². The van der Waals surface area contributed by atoms with Gasteiger partial charge in [0.05, 0.1) is 5.69 Å². The minimum atomic E-state index is -1.18. The van der Waals surface area contributed by atoms with Crippen LogP contribution in [0.25, 0.3) is 0 Å². The first-order valence-electron chi connectivity index (χ1n) is 8.06. The Morgan fingerprint density at radius 1 is 1.40 bits per heavy atom. The van der Waals surface area contributed by atoms with E-state index in [2.05, 4.69) is 27.4 Å². The normalized spacial score (nSPS) is 16.6. The van der Waals surface area contributed by atoms with Gasteiger partial charge in [0.2, 0.25) is 0 Å². The summed E-state index contributed by atoms with van der Waals surface area (Å²) in [5.41, 5.74) is -0.663. The molecule has 0 radical (unpaired) electrons. The van der Waals surface area contributed by atoms with E-state index in [-0.39, 0.29) is 11.2 Å². The Morgan fingerprint density at radius 2 is 2.04 bits per heavy atom. The van der Waals surface area contributed by atoms with E-state index in [0.29, 0.717) is 37.3 Å². The highest BCUT2D eigenvalue weighted by molar-refractivity contribution is 6.29. The number of ether oxygens (including phenoxy) is 1. The van der Waals surface area contributed by atoms with E-state index in [0.717, 1.165) is 0 Å². The molecule has 2 rings (SSSR count). The van der Waals surface area contributed by atoms with Gasteiger partial charge in [-0.1, -0.05) is 17.5 Å². The highest BCUT2D eigenvalue weighted by Crippen LogP contribution is 2.23. The molecule has 1 aromatic rings. The van der Waals surface area contributed by atoms with Gasteiger partial charge in [-0.05, 0) is 26.7 Å². The topological polar surface area (TPSA) is 87.6 Å². The van der Waals surface area contributed by atoms with Crippen LogP contribution >= 0.6 is 11.6 Å². The zero-order chi connectivity index (χ0) is 18.7. The molecule has 1 aliphatic heterocycles. The monoisotopic (exact) mass is 366 g/mol. The Balaban J connectivity index is 2.03. The molecule has 1 saturated heterocycles. The maximum Gasteiger partial charge on any atom is 0.410 e. The summed E-state index contributed by atoms with van der Waals surface area (Å²) in [7, 11) is 1.73. The number of aliphatic hydroxyl groups is 1. The van der Waals surface area contributed by atoms with Crippen molar-refractivity contribution in [2.45, 2.75) is 44.8 Å². The molecule has 0 unspecified atom stereocenters. The van der Waals surface area contributed by atoms with Gasteiger partial charge < -0.3 is 20.1 Å². The second-order valence-electron chi connectivity index (χ2n) is 6.93. The van der Waals surface area contributed by atoms with E-state index in [4.69, 9.17) is 16.3 Å².